The maximum Gasteiger partial charge on any atom is 0.242 e. The molecular formula is C12H24N2O4S. The first-order chi connectivity index (χ1) is 8.79. The first-order valence-electron chi connectivity index (χ1n) is 6.71. The molecule has 1 amide bonds. The van der Waals surface area contributed by atoms with Crippen molar-refractivity contribution in [3.05, 3.63) is 0 Å². The fourth-order valence-electron chi connectivity index (χ4n) is 2.42. The van der Waals surface area contributed by atoms with E-state index >= 15 is 0 Å². The second kappa shape index (κ2) is 6.19. The molecule has 0 aliphatic carbocycles. The van der Waals surface area contributed by atoms with Crippen molar-refractivity contribution in [3.63, 3.8) is 0 Å². The van der Waals surface area contributed by atoms with Crippen LogP contribution in [0.3, 0.4) is 0 Å². The van der Waals surface area contributed by atoms with Gasteiger partial charge in [-0.2, -0.15) is 0 Å². The first-order valence-corrected chi connectivity index (χ1v) is 8.53. The molecule has 1 heterocycles. The molecule has 0 bridgehead atoms. The zero-order valence-electron chi connectivity index (χ0n) is 11.6. The maximum absolute atomic E-state index is 12.5. The van der Waals surface area contributed by atoms with Crippen molar-refractivity contribution in [3.8, 4) is 0 Å². The van der Waals surface area contributed by atoms with Gasteiger partial charge in [-0.3, -0.25) is 4.79 Å². The molecule has 1 rings (SSSR count). The van der Waals surface area contributed by atoms with E-state index in [1.54, 1.807) is 0 Å². The van der Waals surface area contributed by atoms with E-state index in [1.807, 2.05) is 13.8 Å². The summed E-state index contributed by atoms with van der Waals surface area (Å²) in [6.45, 7) is 3.62. The number of aliphatic hydroxyl groups is 1. The Morgan fingerprint density at radius 1 is 1.42 bits per heavy atom. The predicted molar refractivity (Wildman–Crippen MR) is 73.4 cm³/mol. The summed E-state index contributed by atoms with van der Waals surface area (Å²) in [5, 5.41) is 9.10. The Morgan fingerprint density at radius 2 is 2.00 bits per heavy atom. The Morgan fingerprint density at radius 3 is 2.37 bits per heavy atom. The van der Waals surface area contributed by atoms with Gasteiger partial charge >= 0.3 is 0 Å². The minimum atomic E-state index is -3.07. The van der Waals surface area contributed by atoms with Crippen molar-refractivity contribution in [1.82, 2.24) is 4.90 Å². The number of aliphatic hydroxyl groups excluding tert-OH is 1. The summed E-state index contributed by atoms with van der Waals surface area (Å²) < 4.78 is 23.1. The highest BCUT2D eigenvalue weighted by Crippen LogP contribution is 2.22. The number of hydrogen-bond donors (Lipinski definition) is 2. The lowest BCUT2D eigenvalue weighted by atomic mass is 9.91. The molecule has 19 heavy (non-hydrogen) atoms. The SMILES string of the molecule is CCC(N)(CC)C(=O)N(CCO)C1CCS(=O)(=O)C1. The average Bonchev–Trinajstić information content (AvgIpc) is 2.74. The van der Waals surface area contributed by atoms with Crippen molar-refractivity contribution in [2.24, 2.45) is 5.73 Å². The fourth-order valence-corrected chi connectivity index (χ4v) is 4.15. The summed E-state index contributed by atoms with van der Waals surface area (Å²) in [5.41, 5.74) is 5.11. The molecule has 1 atom stereocenters. The third-order valence-electron chi connectivity index (χ3n) is 3.94. The maximum atomic E-state index is 12.5. The van der Waals surface area contributed by atoms with Crippen LogP contribution in [0.25, 0.3) is 0 Å². The van der Waals surface area contributed by atoms with Gasteiger partial charge < -0.3 is 15.7 Å². The number of carbonyl (C=O) groups is 1. The standard InChI is InChI=1S/C12H24N2O4S/c1-3-12(13,4-2)11(16)14(6-7-15)10-5-8-19(17,18)9-10/h10,15H,3-9,13H2,1-2H3. The molecule has 1 saturated heterocycles. The van der Waals surface area contributed by atoms with E-state index in [9.17, 15) is 13.2 Å². The van der Waals surface area contributed by atoms with E-state index in [0.717, 1.165) is 0 Å². The summed E-state index contributed by atoms with van der Waals surface area (Å²) in [6.07, 6.45) is 1.41. The van der Waals surface area contributed by atoms with Crippen LogP contribution in [-0.4, -0.2) is 60.6 Å². The van der Waals surface area contributed by atoms with Crippen molar-refractivity contribution in [2.45, 2.75) is 44.7 Å². The van der Waals surface area contributed by atoms with Crippen molar-refractivity contribution >= 4 is 15.7 Å². The van der Waals surface area contributed by atoms with E-state index in [4.69, 9.17) is 10.8 Å². The lowest BCUT2D eigenvalue weighted by molar-refractivity contribution is -0.139. The van der Waals surface area contributed by atoms with E-state index in [0.29, 0.717) is 19.3 Å². The Labute approximate surface area is 114 Å². The fraction of sp³-hybridized carbons (Fsp3) is 0.917. The lowest BCUT2D eigenvalue weighted by Crippen LogP contribution is -2.58. The van der Waals surface area contributed by atoms with Crippen LogP contribution in [0.1, 0.15) is 33.1 Å². The smallest absolute Gasteiger partial charge is 0.242 e. The zero-order chi connectivity index (χ0) is 14.7. The number of nitrogens with two attached hydrogens (primary N) is 1. The van der Waals surface area contributed by atoms with Gasteiger partial charge in [-0.25, -0.2) is 8.42 Å². The highest BCUT2D eigenvalue weighted by molar-refractivity contribution is 7.91. The largest absolute Gasteiger partial charge is 0.395 e. The molecule has 0 spiro atoms. The lowest BCUT2D eigenvalue weighted by Gasteiger charge is -2.36. The minimum Gasteiger partial charge on any atom is -0.395 e. The molecule has 0 aromatic heterocycles. The minimum absolute atomic E-state index is 0.0255. The van der Waals surface area contributed by atoms with E-state index < -0.39 is 15.4 Å². The van der Waals surface area contributed by atoms with Crippen molar-refractivity contribution in [2.75, 3.05) is 24.7 Å². The molecule has 0 aromatic rings. The van der Waals surface area contributed by atoms with Crippen LogP contribution in [0.5, 0.6) is 0 Å². The van der Waals surface area contributed by atoms with Gasteiger partial charge in [0, 0.05) is 12.6 Å². The van der Waals surface area contributed by atoms with Crippen LogP contribution >= 0.6 is 0 Å². The third-order valence-corrected chi connectivity index (χ3v) is 5.69. The predicted octanol–water partition coefficient (Wildman–Crippen LogP) is -0.488. The topological polar surface area (TPSA) is 101 Å². The van der Waals surface area contributed by atoms with E-state index in [1.165, 1.54) is 4.90 Å². The summed E-state index contributed by atoms with van der Waals surface area (Å²) in [6, 6.07) is -0.356. The molecular weight excluding hydrogens is 268 g/mol. The number of sulfone groups is 1. The highest BCUT2D eigenvalue weighted by atomic mass is 32.2. The molecule has 1 aliphatic rings. The van der Waals surface area contributed by atoms with Gasteiger partial charge in [-0.15, -0.1) is 0 Å². The van der Waals surface area contributed by atoms with Crippen LogP contribution in [-0.2, 0) is 14.6 Å². The summed E-state index contributed by atoms with van der Waals surface area (Å²) in [5.74, 6) is -0.182. The number of nitrogens with zero attached hydrogens (tertiary/aromatic N) is 1. The second-order valence-corrected chi connectivity index (χ2v) is 7.37. The van der Waals surface area contributed by atoms with Crippen LogP contribution in [0.4, 0.5) is 0 Å². The number of rotatable bonds is 6. The molecule has 1 fully saturated rings. The monoisotopic (exact) mass is 292 g/mol. The Bertz CT molecular complexity index is 417. The number of amides is 1. The third kappa shape index (κ3) is 3.67. The number of hydrogen-bond acceptors (Lipinski definition) is 5. The van der Waals surface area contributed by atoms with Crippen LogP contribution in [0.15, 0.2) is 0 Å². The molecule has 0 aromatic carbocycles. The highest BCUT2D eigenvalue weighted by Gasteiger charge is 2.40. The van der Waals surface area contributed by atoms with Gasteiger partial charge in [0.2, 0.25) is 5.91 Å². The summed E-state index contributed by atoms with van der Waals surface area (Å²) >= 11 is 0. The molecule has 0 saturated carbocycles. The van der Waals surface area contributed by atoms with Crippen molar-refractivity contribution in [1.29, 1.82) is 0 Å². The van der Waals surface area contributed by atoms with Gasteiger partial charge in [0.25, 0.3) is 0 Å². The van der Waals surface area contributed by atoms with Gasteiger partial charge in [-0.05, 0) is 19.3 Å². The second-order valence-electron chi connectivity index (χ2n) is 5.14. The normalized spacial score (nSPS) is 22.4. The molecule has 7 heteroatoms. The molecule has 3 N–H and O–H groups in total. The molecule has 0 radical (unpaired) electrons. The van der Waals surface area contributed by atoms with Gasteiger partial charge in [-0.1, -0.05) is 13.8 Å². The summed E-state index contributed by atoms with van der Waals surface area (Å²) in [7, 11) is -3.07. The van der Waals surface area contributed by atoms with E-state index in [2.05, 4.69) is 0 Å². The molecule has 1 aliphatic heterocycles. The van der Waals surface area contributed by atoms with Crippen LogP contribution in [0, 0.1) is 0 Å². The zero-order valence-corrected chi connectivity index (χ0v) is 12.4. The van der Waals surface area contributed by atoms with Crippen LogP contribution in [0.2, 0.25) is 0 Å². The Hall–Kier alpha value is -0.660. The molecule has 6 nitrogen and oxygen atoms in total. The first kappa shape index (κ1) is 16.4. The quantitative estimate of drug-likeness (QED) is 0.688. The molecule has 112 valence electrons. The van der Waals surface area contributed by atoms with Crippen LogP contribution < -0.4 is 5.73 Å². The average molecular weight is 292 g/mol. The Balaban J connectivity index is 2.92. The van der Waals surface area contributed by atoms with Crippen molar-refractivity contribution < 1.29 is 18.3 Å². The number of carbonyl (C=O) groups excluding carboxylic acids is 1. The van der Waals surface area contributed by atoms with Gasteiger partial charge in [0.15, 0.2) is 9.84 Å². The van der Waals surface area contributed by atoms with Gasteiger partial charge in [0.05, 0.1) is 23.7 Å². The molecule has 1 unspecified atom stereocenters. The summed E-state index contributed by atoms with van der Waals surface area (Å²) in [4.78, 5) is 14.0. The Kier molecular flexibility index (Phi) is 5.34. The van der Waals surface area contributed by atoms with Gasteiger partial charge in [0.1, 0.15) is 0 Å². The van der Waals surface area contributed by atoms with E-state index in [-0.39, 0.29) is 36.6 Å².